The number of nitrogens with zero attached hydrogens (tertiary/aromatic N) is 1. The van der Waals surface area contributed by atoms with Crippen molar-refractivity contribution in [3.8, 4) is 5.75 Å². The van der Waals surface area contributed by atoms with Crippen LogP contribution in [0.3, 0.4) is 0 Å². The molecule has 0 bridgehead atoms. The van der Waals surface area contributed by atoms with E-state index in [1.165, 1.54) is 51.4 Å². The topological polar surface area (TPSA) is 70.6 Å². The molecule has 0 aromatic heterocycles. The lowest BCUT2D eigenvalue weighted by atomic mass is 10.00. The quantitative estimate of drug-likeness (QED) is 0.208. The highest BCUT2D eigenvalue weighted by Gasteiger charge is 2.10. The SMILES string of the molecule is CCCCCCCCCCCC(=NNC(N)=S)c1cc(C)ccc1O. The number of nitrogens with two attached hydrogens (primary N) is 1. The first-order chi connectivity index (χ1) is 12.0. The largest absolute Gasteiger partial charge is 0.507 e. The molecule has 0 fully saturated rings. The van der Waals surface area contributed by atoms with Gasteiger partial charge in [-0.3, -0.25) is 5.43 Å². The Hall–Kier alpha value is -1.62. The van der Waals surface area contributed by atoms with Crippen LogP contribution in [0.1, 0.15) is 82.3 Å². The highest BCUT2D eigenvalue weighted by Crippen LogP contribution is 2.22. The van der Waals surface area contributed by atoms with Gasteiger partial charge in [0.25, 0.3) is 0 Å². The zero-order valence-electron chi connectivity index (χ0n) is 15.7. The number of aryl methyl sites for hydroxylation is 1. The number of hydrogen-bond donors (Lipinski definition) is 3. The summed E-state index contributed by atoms with van der Waals surface area (Å²) in [6, 6.07) is 5.54. The van der Waals surface area contributed by atoms with Crippen molar-refractivity contribution >= 4 is 23.0 Å². The first-order valence-corrected chi connectivity index (χ1v) is 9.87. The molecule has 1 rings (SSSR count). The molecule has 0 saturated heterocycles. The van der Waals surface area contributed by atoms with Gasteiger partial charge >= 0.3 is 0 Å². The standard InChI is InChI=1S/C20H33N3OS/c1-3-4-5-6-7-8-9-10-11-12-18(22-23-20(21)25)17-15-16(2)13-14-19(17)24/h13-15,24H,3-12H2,1-2H3,(H3,21,23,25). The van der Waals surface area contributed by atoms with Crippen LogP contribution in [0.2, 0.25) is 0 Å². The minimum absolute atomic E-state index is 0.136. The van der Waals surface area contributed by atoms with Gasteiger partial charge in [-0.2, -0.15) is 5.10 Å². The number of phenols is 1. The second-order valence-electron chi connectivity index (χ2n) is 6.63. The maximum absolute atomic E-state index is 10.1. The Morgan fingerprint density at radius 2 is 1.68 bits per heavy atom. The highest BCUT2D eigenvalue weighted by molar-refractivity contribution is 7.80. The number of unbranched alkanes of at least 4 members (excludes halogenated alkanes) is 8. The van der Waals surface area contributed by atoms with Crippen molar-refractivity contribution < 1.29 is 5.11 Å². The smallest absolute Gasteiger partial charge is 0.184 e. The van der Waals surface area contributed by atoms with E-state index in [1.54, 1.807) is 6.07 Å². The third-order valence-corrected chi connectivity index (χ3v) is 4.37. The third kappa shape index (κ3) is 9.44. The molecule has 0 heterocycles. The van der Waals surface area contributed by atoms with Gasteiger partial charge in [-0.15, -0.1) is 0 Å². The molecule has 140 valence electrons. The Bertz CT molecular complexity index is 558. The summed E-state index contributed by atoms with van der Waals surface area (Å²) in [5, 5.41) is 14.6. The van der Waals surface area contributed by atoms with E-state index in [0.29, 0.717) is 0 Å². The van der Waals surface area contributed by atoms with Gasteiger partial charge in [0.2, 0.25) is 0 Å². The van der Waals surface area contributed by atoms with Crippen molar-refractivity contribution in [3.05, 3.63) is 29.3 Å². The van der Waals surface area contributed by atoms with Crippen LogP contribution < -0.4 is 11.2 Å². The summed E-state index contributed by atoms with van der Waals surface area (Å²) >= 11 is 4.83. The molecule has 0 saturated carbocycles. The summed E-state index contributed by atoms with van der Waals surface area (Å²) in [6.07, 6.45) is 12.3. The van der Waals surface area contributed by atoms with Crippen LogP contribution >= 0.6 is 12.2 Å². The van der Waals surface area contributed by atoms with E-state index < -0.39 is 0 Å². The summed E-state index contributed by atoms with van der Waals surface area (Å²) in [5.74, 6) is 0.241. The lowest BCUT2D eigenvalue weighted by Crippen LogP contribution is -2.25. The molecule has 0 amide bonds. The van der Waals surface area contributed by atoms with Crippen LogP contribution in [-0.2, 0) is 0 Å². The predicted octanol–water partition coefficient (Wildman–Crippen LogP) is 5.16. The fraction of sp³-hybridized carbons (Fsp3) is 0.600. The molecule has 0 radical (unpaired) electrons. The summed E-state index contributed by atoms with van der Waals surface area (Å²) in [5.41, 5.74) is 10.8. The van der Waals surface area contributed by atoms with E-state index in [2.05, 4.69) is 17.5 Å². The average molecular weight is 364 g/mol. The van der Waals surface area contributed by atoms with E-state index in [9.17, 15) is 5.11 Å². The molecule has 5 heteroatoms. The maximum Gasteiger partial charge on any atom is 0.184 e. The zero-order valence-corrected chi connectivity index (χ0v) is 16.5. The normalized spacial score (nSPS) is 11.5. The van der Waals surface area contributed by atoms with Crippen LogP contribution in [-0.4, -0.2) is 15.9 Å². The molecule has 0 spiro atoms. The Labute approximate surface area is 157 Å². The molecule has 0 unspecified atom stereocenters. The molecule has 0 atom stereocenters. The summed E-state index contributed by atoms with van der Waals surface area (Å²) in [4.78, 5) is 0. The highest BCUT2D eigenvalue weighted by atomic mass is 32.1. The number of thiocarbonyl (C=S) groups is 1. The molecule has 4 N–H and O–H groups in total. The predicted molar refractivity (Wildman–Crippen MR) is 111 cm³/mol. The number of nitrogens with one attached hydrogen (secondary N) is 1. The molecular weight excluding hydrogens is 330 g/mol. The number of hydrazone groups is 1. The number of aromatic hydroxyl groups is 1. The van der Waals surface area contributed by atoms with Crippen molar-refractivity contribution in [1.82, 2.24) is 5.43 Å². The monoisotopic (exact) mass is 363 g/mol. The minimum Gasteiger partial charge on any atom is -0.507 e. The number of benzene rings is 1. The summed E-state index contributed by atoms with van der Waals surface area (Å²) in [6.45, 7) is 4.25. The van der Waals surface area contributed by atoms with Crippen molar-refractivity contribution in [3.63, 3.8) is 0 Å². The molecule has 1 aromatic carbocycles. The fourth-order valence-electron chi connectivity index (χ4n) is 2.86. The molecule has 4 nitrogen and oxygen atoms in total. The van der Waals surface area contributed by atoms with Crippen molar-refractivity contribution in [2.75, 3.05) is 0 Å². The van der Waals surface area contributed by atoms with Crippen LogP contribution in [0.5, 0.6) is 5.75 Å². The molecule has 0 aliphatic rings. The lowest BCUT2D eigenvalue weighted by molar-refractivity contribution is 0.473. The van der Waals surface area contributed by atoms with Crippen LogP contribution in [0, 0.1) is 6.92 Å². The third-order valence-electron chi connectivity index (χ3n) is 4.28. The average Bonchev–Trinajstić information content (AvgIpc) is 2.58. The second kappa shape index (κ2) is 12.7. The van der Waals surface area contributed by atoms with Gasteiger partial charge in [-0.05, 0) is 44.1 Å². The van der Waals surface area contributed by atoms with Crippen LogP contribution in [0.25, 0.3) is 0 Å². The zero-order chi connectivity index (χ0) is 18.5. The minimum atomic E-state index is 0.136. The Morgan fingerprint density at radius 3 is 2.28 bits per heavy atom. The van der Waals surface area contributed by atoms with Crippen molar-refractivity contribution in [1.29, 1.82) is 0 Å². The summed E-state index contributed by atoms with van der Waals surface area (Å²) in [7, 11) is 0. The molecule has 25 heavy (non-hydrogen) atoms. The van der Waals surface area contributed by atoms with Crippen molar-refractivity contribution in [2.45, 2.75) is 78.1 Å². The first-order valence-electron chi connectivity index (χ1n) is 9.46. The van der Waals surface area contributed by atoms with Gasteiger partial charge in [-0.1, -0.05) is 69.9 Å². The first kappa shape index (κ1) is 21.4. The molecular formula is C20H33N3OS. The number of phenolic OH excluding ortho intramolecular Hbond substituents is 1. The van der Waals surface area contributed by atoms with E-state index in [1.807, 2.05) is 19.1 Å². The lowest BCUT2D eigenvalue weighted by Gasteiger charge is -2.10. The van der Waals surface area contributed by atoms with Gasteiger partial charge in [0.1, 0.15) is 5.75 Å². The van der Waals surface area contributed by atoms with E-state index in [-0.39, 0.29) is 10.9 Å². The molecule has 0 aliphatic carbocycles. The van der Waals surface area contributed by atoms with Gasteiger partial charge < -0.3 is 10.8 Å². The van der Waals surface area contributed by atoms with E-state index in [0.717, 1.165) is 29.7 Å². The molecule has 1 aromatic rings. The van der Waals surface area contributed by atoms with Crippen molar-refractivity contribution in [2.24, 2.45) is 10.8 Å². The van der Waals surface area contributed by atoms with Gasteiger partial charge in [0.15, 0.2) is 5.11 Å². The summed E-state index contributed by atoms with van der Waals surface area (Å²) < 4.78 is 0. The van der Waals surface area contributed by atoms with Crippen LogP contribution in [0.15, 0.2) is 23.3 Å². The Balaban J connectivity index is 2.46. The van der Waals surface area contributed by atoms with E-state index >= 15 is 0 Å². The Morgan fingerprint density at radius 1 is 1.08 bits per heavy atom. The maximum atomic E-state index is 10.1. The van der Waals surface area contributed by atoms with Gasteiger partial charge in [0, 0.05) is 5.56 Å². The second-order valence-corrected chi connectivity index (χ2v) is 7.07. The van der Waals surface area contributed by atoms with Crippen LogP contribution in [0.4, 0.5) is 0 Å². The fourth-order valence-corrected chi connectivity index (χ4v) is 2.90. The Kier molecular flexibility index (Phi) is 10.9. The molecule has 0 aliphatic heterocycles. The number of hydrogen-bond acceptors (Lipinski definition) is 3. The van der Waals surface area contributed by atoms with Gasteiger partial charge in [-0.25, -0.2) is 0 Å². The van der Waals surface area contributed by atoms with E-state index in [4.69, 9.17) is 18.0 Å². The number of rotatable bonds is 12. The van der Waals surface area contributed by atoms with Gasteiger partial charge in [0.05, 0.1) is 5.71 Å².